The highest BCUT2D eigenvalue weighted by molar-refractivity contribution is 7.80. The summed E-state index contributed by atoms with van der Waals surface area (Å²) in [6, 6.07) is 8.16. The van der Waals surface area contributed by atoms with Crippen molar-refractivity contribution in [1.29, 1.82) is 0 Å². The van der Waals surface area contributed by atoms with Gasteiger partial charge >= 0.3 is 0 Å². The molecule has 0 saturated carbocycles. The van der Waals surface area contributed by atoms with Gasteiger partial charge in [0.2, 0.25) is 0 Å². The Morgan fingerprint density at radius 1 is 1.19 bits per heavy atom. The molecule has 0 bridgehead atoms. The van der Waals surface area contributed by atoms with E-state index in [1.807, 2.05) is 25.1 Å². The fourth-order valence-electron chi connectivity index (χ4n) is 2.03. The molecule has 0 radical (unpaired) electrons. The van der Waals surface area contributed by atoms with Crippen molar-refractivity contribution in [3.8, 4) is 0 Å². The van der Waals surface area contributed by atoms with E-state index in [0.29, 0.717) is 16.9 Å². The molecule has 0 saturated heterocycles. The number of nitrogens with one attached hydrogen (secondary N) is 2. The molecular weight excluding hydrogens is 278 g/mol. The highest BCUT2D eigenvalue weighted by Gasteiger charge is 2.06. The van der Waals surface area contributed by atoms with Crippen LogP contribution in [0.15, 0.2) is 41.0 Å². The summed E-state index contributed by atoms with van der Waals surface area (Å²) >= 11 is 5.27. The van der Waals surface area contributed by atoms with Crippen LogP contribution in [0.5, 0.6) is 0 Å². The van der Waals surface area contributed by atoms with Gasteiger partial charge < -0.3 is 5.32 Å². The maximum absolute atomic E-state index is 5.27. The Hall–Kier alpha value is -1.68. The third-order valence-corrected chi connectivity index (χ3v) is 3.05. The van der Waals surface area contributed by atoms with Crippen molar-refractivity contribution in [2.75, 3.05) is 5.32 Å². The van der Waals surface area contributed by atoms with Gasteiger partial charge in [-0.25, -0.2) is 0 Å². The van der Waals surface area contributed by atoms with Crippen molar-refractivity contribution >= 4 is 29.2 Å². The molecule has 0 amide bonds. The number of para-hydroxylation sites is 1. The van der Waals surface area contributed by atoms with Gasteiger partial charge in [-0.3, -0.25) is 5.43 Å². The molecule has 3 nitrogen and oxygen atoms in total. The molecule has 0 spiro atoms. The summed E-state index contributed by atoms with van der Waals surface area (Å²) in [7, 11) is 0. The first kappa shape index (κ1) is 17.4. The molecule has 0 atom stereocenters. The maximum atomic E-state index is 5.27. The van der Waals surface area contributed by atoms with Crippen LogP contribution >= 0.6 is 12.2 Å². The number of rotatable bonds is 5. The molecule has 0 heterocycles. The third kappa shape index (κ3) is 6.54. The SMILES string of the molecule is CC(=C/C(C)C)/C=N/NC(=S)Nc1ccccc1C(C)C. The van der Waals surface area contributed by atoms with Gasteiger partial charge in [0, 0.05) is 11.9 Å². The van der Waals surface area contributed by atoms with E-state index in [2.05, 4.69) is 55.7 Å². The Bertz CT molecular complexity index is 531. The first-order chi connectivity index (χ1) is 9.90. The van der Waals surface area contributed by atoms with Gasteiger partial charge in [-0.1, -0.05) is 52.0 Å². The number of thiocarbonyl (C=S) groups is 1. The lowest BCUT2D eigenvalue weighted by molar-refractivity contribution is 0.827. The third-order valence-electron chi connectivity index (χ3n) is 2.86. The lowest BCUT2D eigenvalue weighted by Crippen LogP contribution is -2.24. The van der Waals surface area contributed by atoms with Crippen molar-refractivity contribution in [2.45, 2.75) is 40.5 Å². The summed E-state index contributed by atoms with van der Waals surface area (Å²) in [5.74, 6) is 0.954. The minimum absolute atomic E-state index is 0.441. The Morgan fingerprint density at radius 3 is 2.48 bits per heavy atom. The first-order valence-electron chi connectivity index (χ1n) is 7.27. The quantitative estimate of drug-likeness (QED) is 0.471. The summed E-state index contributed by atoms with van der Waals surface area (Å²) in [5, 5.41) is 7.84. The molecule has 0 aliphatic heterocycles. The average Bonchev–Trinajstić information content (AvgIpc) is 2.38. The molecule has 1 rings (SSSR count). The molecule has 1 aromatic rings. The second kappa shape index (κ2) is 8.57. The van der Waals surface area contributed by atoms with Crippen LogP contribution in [0.2, 0.25) is 0 Å². The molecule has 0 unspecified atom stereocenters. The van der Waals surface area contributed by atoms with Gasteiger partial charge in [0.15, 0.2) is 5.11 Å². The van der Waals surface area contributed by atoms with Crippen molar-refractivity contribution in [3.05, 3.63) is 41.5 Å². The Morgan fingerprint density at radius 2 is 1.86 bits per heavy atom. The smallest absolute Gasteiger partial charge is 0.191 e. The second-order valence-corrected chi connectivity index (χ2v) is 6.13. The zero-order valence-electron chi connectivity index (χ0n) is 13.5. The van der Waals surface area contributed by atoms with Crippen molar-refractivity contribution in [3.63, 3.8) is 0 Å². The molecule has 114 valence electrons. The molecule has 1 aromatic carbocycles. The molecule has 21 heavy (non-hydrogen) atoms. The van der Waals surface area contributed by atoms with Crippen LogP contribution in [0, 0.1) is 5.92 Å². The summed E-state index contributed by atoms with van der Waals surface area (Å²) in [6.07, 6.45) is 3.93. The van der Waals surface area contributed by atoms with Gasteiger partial charge in [-0.2, -0.15) is 5.10 Å². The molecule has 0 aliphatic rings. The van der Waals surface area contributed by atoms with E-state index in [1.54, 1.807) is 6.21 Å². The fraction of sp³-hybridized carbons (Fsp3) is 0.412. The van der Waals surface area contributed by atoms with E-state index in [-0.39, 0.29) is 0 Å². The number of hydrogen-bond acceptors (Lipinski definition) is 2. The first-order valence-corrected chi connectivity index (χ1v) is 7.68. The van der Waals surface area contributed by atoms with Crippen LogP contribution < -0.4 is 10.7 Å². The lowest BCUT2D eigenvalue weighted by Gasteiger charge is -2.14. The van der Waals surface area contributed by atoms with Gasteiger partial charge in [0.1, 0.15) is 0 Å². The van der Waals surface area contributed by atoms with Gasteiger partial charge in [-0.05, 0) is 48.2 Å². The number of hydrogen-bond donors (Lipinski definition) is 2. The topological polar surface area (TPSA) is 36.4 Å². The number of hydrazone groups is 1. The predicted molar refractivity (Wildman–Crippen MR) is 97.0 cm³/mol. The van der Waals surface area contributed by atoms with Crippen LogP contribution in [0.3, 0.4) is 0 Å². The van der Waals surface area contributed by atoms with E-state index in [0.717, 1.165) is 11.3 Å². The summed E-state index contributed by atoms with van der Waals surface area (Å²) in [5.41, 5.74) is 6.22. The molecule has 0 aromatic heterocycles. The Balaban J connectivity index is 2.61. The van der Waals surface area contributed by atoms with Gasteiger partial charge in [0.25, 0.3) is 0 Å². The Kier molecular flexibility index (Phi) is 7.09. The van der Waals surface area contributed by atoms with E-state index in [1.165, 1.54) is 5.56 Å². The lowest BCUT2D eigenvalue weighted by atomic mass is 10.0. The summed E-state index contributed by atoms with van der Waals surface area (Å²) < 4.78 is 0. The summed E-state index contributed by atoms with van der Waals surface area (Å²) in [6.45, 7) is 10.6. The van der Waals surface area contributed by atoms with Crippen LogP contribution in [-0.4, -0.2) is 11.3 Å². The van der Waals surface area contributed by atoms with E-state index in [9.17, 15) is 0 Å². The molecular formula is C17H25N3S. The number of anilines is 1. The van der Waals surface area contributed by atoms with Gasteiger partial charge in [-0.15, -0.1) is 0 Å². The van der Waals surface area contributed by atoms with E-state index in [4.69, 9.17) is 12.2 Å². The normalized spacial score (nSPS) is 12.2. The average molecular weight is 303 g/mol. The van der Waals surface area contributed by atoms with Crippen molar-refractivity contribution in [1.82, 2.24) is 5.43 Å². The fourth-order valence-corrected chi connectivity index (χ4v) is 2.19. The summed E-state index contributed by atoms with van der Waals surface area (Å²) in [4.78, 5) is 0. The van der Waals surface area contributed by atoms with Crippen LogP contribution in [-0.2, 0) is 0 Å². The highest BCUT2D eigenvalue weighted by atomic mass is 32.1. The van der Waals surface area contributed by atoms with E-state index < -0.39 is 0 Å². The molecule has 2 N–H and O–H groups in total. The maximum Gasteiger partial charge on any atom is 0.191 e. The second-order valence-electron chi connectivity index (χ2n) is 5.72. The zero-order chi connectivity index (χ0) is 15.8. The van der Waals surface area contributed by atoms with E-state index >= 15 is 0 Å². The minimum Gasteiger partial charge on any atom is -0.331 e. The molecule has 0 fully saturated rings. The predicted octanol–water partition coefficient (Wildman–Crippen LogP) is 4.68. The van der Waals surface area contributed by atoms with Crippen molar-refractivity contribution < 1.29 is 0 Å². The molecule has 4 heteroatoms. The van der Waals surface area contributed by atoms with Crippen LogP contribution in [0.1, 0.15) is 46.1 Å². The standard InChI is InChI=1S/C17H25N3S/c1-12(2)10-14(5)11-18-20-17(21)19-16-9-7-6-8-15(16)13(3)4/h6-13H,1-5H3,(H2,19,20,21)/b14-10-,18-11+. The monoisotopic (exact) mass is 303 g/mol. The van der Waals surface area contributed by atoms with Crippen LogP contribution in [0.25, 0.3) is 0 Å². The number of nitrogens with zero attached hydrogens (tertiary/aromatic N) is 1. The van der Waals surface area contributed by atoms with Crippen molar-refractivity contribution in [2.24, 2.45) is 11.0 Å². The highest BCUT2D eigenvalue weighted by Crippen LogP contribution is 2.23. The zero-order valence-corrected chi connectivity index (χ0v) is 14.3. The number of benzene rings is 1. The molecule has 0 aliphatic carbocycles. The van der Waals surface area contributed by atoms with Crippen LogP contribution in [0.4, 0.5) is 5.69 Å². The Labute approximate surface area is 133 Å². The minimum atomic E-state index is 0.441. The van der Waals surface area contributed by atoms with Gasteiger partial charge in [0.05, 0.1) is 0 Å². The largest absolute Gasteiger partial charge is 0.331 e. The number of allylic oxidation sites excluding steroid dienone is 2.